The van der Waals surface area contributed by atoms with Crippen molar-refractivity contribution < 1.29 is 14.3 Å². The van der Waals surface area contributed by atoms with Gasteiger partial charge >= 0.3 is 5.97 Å². The fraction of sp³-hybridized carbons (Fsp3) is 0.368. The molecular weight excluding hydrogens is 368 g/mol. The summed E-state index contributed by atoms with van der Waals surface area (Å²) in [5.41, 5.74) is 1.15. The lowest BCUT2D eigenvalue weighted by molar-refractivity contribution is -0.124. The first-order valence-corrected chi connectivity index (χ1v) is 9.26. The minimum Gasteiger partial charge on any atom is -0.451 e. The molecule has 0 saturated carbocycles. The van der Waals surface area contributed by atoms with Gasteiger partial charge in [-0.3, -0.25) is 4.79 Å². The fourth-order valence-corrected chi connectivity index (χ4v) is 2.93. The molecule has 1 aromatic heterocycles. The van der Waals surface area contributed by atoms with E-state index in [1.807, 2.05) is 12.1 Å². The van der Waals surface area contributed by atoms with Gasteiger partial charge in [-0.1, -0.05) is 23.7 Å². The van der Waals surface area contributed by atoms with Crippen molar-refractivity contribution in [1.29, 1.82) is 0 Å². The molecule has 1 amide bonds. The molecule has 0 bridgehead atoms. The van der Waals surface area contributed by atoms with Crippen LogP contribution in [0.2, 0.25) is 5.02 Å². The third-order valence-electron chi connectivity index (χ3n) is 4.27. The van der Waals surface area contributed by atoms with Crippen LogP contribution in [0.25, 0.3) is 0 Å². The topological polar surface area (TPSA) is 84.4 Å². The van der Waals surface area contributed by atoms with Crippen LogP contribution in [0.5, 0.6) is 0 Å². The Labute approximate surface area is 162 Å². The first kappa shape index (κ1) is 19.1. The molecule has 1 aliphatic rings. The number of amides is 1. The number of carbonyl (C=O) groups is 2. The third kappa shape index (κ3) is 5.65. The van der Waals surface area contributed by atoms with Crippen LogP contribution < -0.4 is 10.2 Å². The van der Waals surface area contributed by atoms with E-state index in [1.165, 1.54) is 0 Å². The van der Waals surface area contributed by atoms with Gasteiger partial charge in [0.15, 0.2) is 18.1 Å². The summed E-state index contributed by atoms with van der Waals surface area (Å²) in [5, 5.41) is 11.3. The number of carbonyl (C=O) groups excluding carboxylic acids is 2. The normalized spacial score (nSPS) is 13.4. The molecule has 0 atom stereocenters. The van der Waals surface area contributed by atoms with Crippen molar-refractivity contribution in [2.75, 3.05) is 31.1 Å². The number of hydrogen-bond acceptors (Lipinski definition) is 6. The van der Waals surface area contributed by atoms with Crippen LogP contribution in [0.15, 0.2) is 36.4 Å². The number of rotatable bonds is 7. The molecule has 3 rings (SSSR count). The van der Waals surface area contributed by atoms with Crippen LogP contribution in [0.1, 0.15) is 28.9 Å². The summed E-state index contributed by atoms with van der Waals surface area (Å²) in [6, 6.07) is 10.7. The van der Waals surface area contributed by atoms with E-state index in [0.717, 1.165) is 37.3 Å². The van der Waals surface area contributed by atoms with E-state index in [0.29, 0.717) is 18.0 Å². The van der Waals surface area contributed by atoms with Gasteiger partial charge in [0.05, 0.1) is 0 Å². The van der Waals surface area contributed by atoms with E-state index in [2.05, 4.69) is 20.4 Å². The van der Waals surface area contributed by atoms with Gasteiger partial charge in [0.25, 0.3) is 5.91 Å². The van der Waals surface area contributed by atoms with E-state index in [-0.39, 0.29) is 18.2 Å². The Hall–Kier alpha value is -2.67. The summed E-state index contributed by atoms with van der Waals surface area (Å²) >= 11 is 5.83. The van der Waals surface area contributed by atoms with E-state index < -0.39 is 5.97 Å². The Kier molecular flexibility index (Phi) is 6.59. The highest BCUT2D eigenvalue weighted by Gasteiger charge is 2.16. The molecule has 1 aliphatic heterocycles. The van der Waals surface area contributed by atoms with Gasteiger partial charge in [-0.2, -0.15) is 0 Å². The second-order valence-corrected chi connectivity index (χ2v) is 6.71. The fourth-order valence-electron chi connectivity index (χ4n) is 2.80. The molecule has 0 radical (unpaired) electrons. The zero-order chi connectivity index (χ0) is 19.1. The van der Waals surface area contributed by atoms with E-state index >= 15 is 0 Å². The van der Waals surface area contributed by atoms with Crippen molar-refractivity contribution in [2.24, 2.45) is 0 Å². The van der Waals surface area contributed by atoms with Gasteiger partial charge in [0.2, 0.25) is 0 Å². The third-order valence-corrected chi connectivity index (χ3v) is 4.53. The number of aromatic nitrogens is 2. The van der Waals surface area contributed by atoms with Crippen LogP contribution >= 0.6 is 11.6 Å². The Morgan fingerprint density at radius 3 is 2.48 bits per heavy atom. The molecule has 27 heavy (non-hydrogen) atoms. The summed E-state index contributed by atoms with van der Waals surface area (Å²) in [6.07, 6.45) is 2.94. The number of halogens is 1. The molecule has 0 aliphatic carbocycles. The average Bonchev–Trinajstić information content (AvgIpc) is 3.22. The maximum Gasteiger partial charge on any atom is 0.359 e. The van der Waals surface area contributed by atoms with Crippen molar-refractivity contribution in [3.8, 4) is 0 Å². The Morgan fingerprint density at radius 1 is 1.07 bits per heavy atom. The maximum absolute atomic E-state index is 12.0. The Balaban J connectivity index is 1.39. The van der Waals surface area contributed by atoms with Crippen molar-refractivity contribution in [3.05, 3.63) is 52.7 Å². The molecular formula is C19H21ClN4O3. The molecule has 0 spiro atoms. The lowest BCUT2D eigenvalue weighted by Gasteiger charge is -2.15. The number of esters is 1. The highest BCUT2D eigenvalue weighted by molar-refractivity contribution is 6.30. The van der Waals surface area contributed by atoms with Crippen molar-refractivity contribution in [3.63, 3.8) is 0 Å². The second-order valence-electron chi connectivity index (χ2n) is 6.27. The Bertz CT molecular complexity index is 775. The highest BCUT2D eigenvalue weighted by Crippen LogP contribution is 2.16. The molecule has 1 saturated heterocycles. The van der Waals surface area contributed by atoms with Crippen molar-refractivity contribution in [1.82, 2.24) is 15.5 Å². The van der Waals surface area contributed by atoms with Crippen LogP contribution in [0.4, 0.5) is 5.82 Å². The summed E-state index contributed by atoms with van der Waals surface area (Å²) in [6.45, 7) is 2.00. The van der Waals surface area contributed by atoms with Crippen molar-refractivity contribution in [2.45, 2.75) is 19.3 Å². The SMILES string of the molecule is O=C(COC(=O)c1ccc(N2CCCC2)nn1)NCCc1ccc(Cl)cc1. The lowest BCUT2D eigenvalue weighted by atomic mass is 10.1. The van der Waals surface area contributed by atoms with Crippen LogP contribution in [0.3, 0.4) is 0 Å². The molecule has 7 nitrogen and oxygen atoms in total. The van der Waals surface area contributed by atoms with Crippen LogP contribution in [-0.2, 0) is 16.0 Å². The zero-order valence-electron chi connectivity index (χ0n) is 14.9. The van der Waals surface area contributed by atoms with Gasteiger partial charge in [-0.25, -0.2) is 4.79 Å². The standard InChI is InChI=1S/C19H21ClN4O3/c20-15-5-3-14(4-6-15)9-10-21-18(25)13-27-19(26)16-7-8-17(23-22-16)24-11-1-2-12-24/h3-8H,1-2,9-13H2,(H,21,25). The van der Waals surface area contributed by atoms with E-state index in [9.17, 15) is 9.59 Å². The van der Waals surface area contributed by atoms with E-state index in [1.54, 1.807) is 24.3 Å². The van der Waals surface area contributed by atoms with Crippen molar-refractivity contribution >= 4 is 29.3 Å². The minimum atomic E-state index is -0.664. The minimum absolute atomic E-state index is 0.0897. The lowest BCUT2D eigenvalue weighted by Crippen LogP contribution is -2.30. The first-order valence-electron chi connectivity index (χ1n) is 8.89. The number of benzene rings is 1. The van der Waals surface area contributed by atoms with Gasteiger partial charge in [-0.05, 0) is 49.1 Å². The van der Waals surface area contributed by atoms with Crippen LogP contribution in [0, 0.1) is 0 Å². The first-order chi connectivity index (χ1) is 13.1. The predicted octanol–water partition coefficient (Wildman–Crippen LogP) is 2.25. The largest absolute Gasteiger partial charge is 0.451 e. The maximum atomic E-state index is 12.0. The molecule has 2 heterocycles. The monoisotopic (exact) mass is 388 g/mol. The molecule has 0 unspecified atom stereocenters. The molecule has 2 aromatic rings. The molecule has 142 valence electrons. The van der Waals surface area contributed by atoms with Gasteiger partial charge in [-0.15, -0.1) is 10.2 Å². The zero-order valence-corrected chi connectivity index (χ0v) is 15.6. The molecule has 8 heteroatoms. The predicted molar refractivity (Wildman–Crippen MR) is 102 cm³/mol. The number of anilines is 1. The summed E-state index contributed by atoms with van der Waals surface area (Å²) in [4.78, 5) is 25.9. The summed E-state index contributed by atoms with van der Waals surface area (Å²) < 4.78 is 4.99. The average molecular weight is 389 g/mol. The molecule has 1 aromatic carbocycles. The molecule has 1 fully saturated rings. The quantitative estimate of drug-likeness (QED) is 0.732. The van der Waals surface area contributed by atoms with Gasteiger partial charge < -0.3 is 15.0 Å². The Morgan fingerprint density at radius 2 is 1.81 bits per heavy atom. The van der Waals surface area contributed by atoms with E-state index in [4.69, 9.17) is 16.3 Å². The van der Waals surface area contributed by atoms with Gasteiger partial charge in [0.1, 0.15) is 0 Å². The summed E-state index contributed by atoms with van der Waals surface area (Å²) in [5.74, 6) is -0.272. The number of nitrogens with one attached hydrogen (secondary N) is 1. The second kappa shape index (κ2) is 9.32. The highest BCUT2D eigenvalue weighted by atomic mass is 35.5. The molecule has 1 N–H and O–H groups in total. The number of nitrogens with zero attached hydrogens (tertiary/aromatic N) is 3. The van der Waals surface area contributed by atoms with Crippen LogP contribution in [-0.4, -0.2) is 48.3 Å². The smallest absolute Gasteiger partial charge is 0.359 e. The van der Waals surface area contributed by atoms with Gasteiger partial charge in [0, 0.05) is 24.7 Å². The summed E-state index contributed by atoms with van der Waals surface area (Å²) in [7, 11) is 0. The number of ether oxygens (including phenoxy) is 1. The number of hydrogen-bond donors (Lipinski definition) is 1.